The number of amides is 1. The van der Waals surface area contributed by atoms with Gasteiger partial charge in [0.05, 0.1) is 17.5 Å². The second-order valence-corrected chi connectivity index (χ2v) is 9.92. The van der Waals surface area contributed by atoms with Crippen LogP contribution in [0, 0.1) is 17.8 Å². The Labute approximate surface area is 200 Å². The van der Waals surface area contributed by atoms with Crippen molar-refractivity contribution in [3.8, 4) is 11.8 Å². The molecule has 1 saturated heterocycles. The lowest BCUT2D eigenvalue weighted by Gasteiger charge is -2.25. The zero-order chi connectivity index (χ0) is 23.6. The Morgan fingerprint density at radius 3 is 2.70 bits per heavy atom. The van der Waals surface area contributed by atoms with E-state index in [1.54, 1.807) is 12.1 Å². The molecule has 2 heterocycles. The first-order valence-electron chi connectivity index (χ1n) is 11.8. The highest BCUT2D eigenvalue weighted by atomic mass is 32.1. The minimum absolute atomic E-state index is 0.107. The lowest BCUT2D eigenvalue weighted by molar-refractivity contribution is -0.128. The van der Waals surface area contributed by atoms with Crippen LogP contribution in [0.1, 0.15) is 72.0 Å². The number of rotatable bonds is 11. The number of unbranched alkanes of at least 4 members (excludes halogenated alkanes) is 1. The molecule has 2 aromatic rings. The zero-order valence-corrected chi connectivity index (χ0v) is 20.0. The van der Waals surface area contributed by atoms with Gasteiger partial charge in [-0.3, -0.25) is 4.79 Å². The molecule has 1 aliphatic heterocycles. The molecule has 5 nitrogen and oxygen atoms in total. The predicted molar refractivity (Wildman–Crippen MR) is 131 cm³/mol. The molecule has 0 aliphatic carbocycles. The van der Waals surface area contributed by atoms with Gasteiger partial charge in [-0.05, 0) is 62.1 Å². The minimum atomic E-state index is -0.952. The number of aromatic carboxylic acids is 1. The molecule has 33 heavy (non-hydrogen) atoms. The molecule has 1 amide bonds. The van der Waals surface area contributed by atoms with Gasteiger partial charge in [-0.15, -0.1) is 11.3 Å². The van der Waals surface area contributed by atoms with Crippen molar-refractivity contribution in [2.24, 2.45) is 5.92 Å². The maximum Gasteiger partial charge on any atom is 0.345 e. The van der Waals surface area contributed by atoms with E-state index in [2.05, 4.69) is 43.0 Å². The van der Waals surface area contributed by atoms with Crippen LogP contribution in [0.3, 0.4) is 0 Å². The zero-order valence-electron chi connectivity index (χ0n) is 19.2. The smallest absolute Gasteiger partial charge is 0.345 e. The predicted octanol–water partition coefficient (Wildman–Crippen LogP) is 4.98. The molecule has 6 heteroatoms. The van der Waals surface area contributed by atoms with Gasteiger partial charge in [0.1, 0.15) is 4.88 Å². The summed E-state index contributed by atoms with van der Waals surface area (Å²) in [7, 11) is 0. The third-order valence-electron chi connectivity index (χ3n) is 6.40. The number of thiophene rings is 1. The molecule has 1 aliphatic rings. The SMILES string of the molecule is C[C@@H](CCCCc1ccccc1)[C@H](O)CC[C@H]1CCC(=O)N1CC#Cc1ccc(C(=O)O)s1. The van der Waals surface area contributed by atoms with Gasteiger partial charge in [0, 0.05) is 12.5 Å². The third kappa shape index (κ3) is 7.73. The van der Waals surface area contributed by atoms with Crippen LogP contribution in [0.2, 0.25) is 0 Å². The van der Waals surface area contributed by atoms with E-state index in [9.17, 15) is 14.7 Å². The molecule has 3 atom stereocenters. The number of carboxylic acids is 1. The highest BCUT2D eigenvalue weighted by Crippen LogP contribution is 2.25. The number of carbonyl (C=O) groups excluding carboxylic acids is 1. The molecule has 0 bridgehead atoms. The van der Waals surface area contributed by atoms with Crippen LogP contribution >= 0.6 is 11.3 Å². The van der Waals surface area contributed by atoms with Gasteiger partial charge in [0.2, 0.25) is 5.91 Å². The van der Waals surface area contributed by atoms with Crippen molar-refractivity contribution in [3.05, 3.63) is 57.8 Å². The Morgan fingerprint density at radius 1 is 1.18 bits per heavy atom. The first-order chi connectivity index (χ1) is 15.9. The van der Waals surface area contributed by atoms with Crippen molar-refractivity contribution in [1.29, 1.82) is 0 Å². The third-order valence-corrected chi connectivity index (χ3v) is 7.39. The van der Waals surface area contributed by atoms with E-state index in [1.165, 1.54) is 5.56 Å². The summed E-state index contributed by atoms with van der Waals surface area (Å²) in [4.78, 5) is 26.1. The lowest BCUT2D eigenvalue weighted by Crippen LogP contribution is -2.34. The summed E-state index contributed by atoms with van der Waals surface area (Å²) in [6.45, 7) is 2.46. The van der Waals surface area contributed by atoms with Crippen LogP contribution in [0.15, 0.2) is 42.5 Å². The summed E-state index contributed by atoms with van der Waals surface area (Å²) >= 11 is 1.14. The molecule has 0 unspecified atom stereocenters. The summed E-state index contributed by atoms with van der Waals surface area (Å²) in [5.74, 6) is 5.40. The molecule has 1 aromatic carbocycles. The number of carbonyl (C=O) groups is 2. The van der Waals surface area contributed by atoms with Crippen molar-refractivity contribution in [3.63, 3.8) is 0 Å². The molecule has 1 aromatic heterocycles. The van der Waals surface area contributed by atoms with Gasteiger partial charge in [0.15, 0.2) is 0 Å². The molecule has 0 radical (unpaired) electrons. The van der Waals surface area contributed by atoms with E-state index in [4.69, 9.17) is 5.11 Å². The summed E-state index contributed by atoms with van der Waals surface area (Å²) in [5.41, 5.74) is 1.36. The fourth-order valence-corrected chi connectivity index (χ4v) is 5.04. The van der Waals surface area contributed by atoms with Crippen molar-refractivity contribution in [2.45, 2.75) is 70.4 Å². The minimum Gasteiger partial charge on any atom is -0.477 e. The van der Waals surface area contributed by atoms with Crippen molar-refractivity contribution in [1.82, 2.24) is 4.90 Å². The van der Waals surface area contributed by atoms with Crippen LogP contribution < -0.4 is 0 Å². The van der Waals surface area contributed by atoms with Crippen LogP contribution in [-0.4, -0.2) is 45.7 Å². The van der Waals surface area contributed by atoms with E-state index in [-0.39, 0.29) is 28.8 Å². The number of nitrogens with zero attached hydrogens (tertiary/aromatic N) is 1. The number of aliphatic hydroxyl groups is 1. The van der Waals surface area contributed by atoms with Crippen LogP contribution in [0.4, 0.5) is 0 Å². The van der Waals surface area contributed by atoms with Crippen molar-refractivity contribution >= 4 is 23.2 Å². The quantitative estimate of drug-likeness (QED) is 0.361. The highest BCUT2D eigenvalue weighted by Gasteiger charge is 2.30. The first kappa shape index (κ1) is 25.0. The van der Waals surface area contributed by atoms with E-state index in [0.717, 1.165) is 49.9 Å². The van der Waals surface area contributed by atoms with Gasteiger partial charge in [-0.25, -0.2) is 4.79 Å². The number of aryl methyl sites for hydroxylation is 1. The van der Waals surface area contributed by atoms with Crippen LogP contribution in [-0.2, 0) is 11.2 Å². The van der Waals surface area contributed by atoms with E-state index < -0.39 is 5.97 Å². The van der Waals surface area contributed by atoms with E-state index in [1.807, 2.05) is 11.0 Å². The standard InChI is InChI=1S/C27H33NO4S/c1-20(8-5-6-11-21-9-3-2-4-10-21)24(29)16-13-22-14-18-26(30)28(22)19-7-12-23-15-17-25(33-23)27(31)32/h2-4,9-10,15,17,20,22,24,29H,5-6,8,11,13-14,16,18-19H2,1H3,(H,31,32)/t20-,22-,24+/m0/s1. The monoisotopic (exact) mass is 467 g/mol. The van der Waals surface area contributed by atoms with Gasteiger partial charge >= 0.3 is 5.97 Å². The summed E-state index contributed by atoms with van der Waals surface area (Å²) in [5, 5.41) is 19.6. The van der Waals surface area contributed by atoms with Gasteiger partial charge in [-0.2, -0.15) is 0 Å². The second-order valence-electron chi connectivity index (χ2n) is 8.84. The molecule has 3 rings (SSSR count). The maximum absolute atomic E-state index is 12.3. The number of benzene rings is 1. The topological polar surface area (TPSA) is 77.8 Å². The molecule has 2 N–H and O–H groups in total. The van der Waals surface area contributed by atoms with Gasteiger partial charge in [0.25, 0.3) is 0 Å². The van der Waals surface area contributed by atoms with Crippen LogP contribution in [0.25, 0.3) is 0 Å². The largest absolute Gasteiger partial charge is 0.477 e. The Bertz CT molecular complexity index is 975. The average molecular weight is 468 g/mol. The van der Waals surface area contributed by atoms with E-state index >= 15 is 0 Å². The molecular formula is C27H33NO4S. The Kier molecular flexibility index (Phi) is 9.53. The Morgan fingerprint density at radius 2 is 1.97 bits per heavy atom. The number of hydrogen-bond donors (Lipinski definition) is 2. The highest BCUT2D eigenvalue weighted by molar-refractivity contribution is 7.14. The van der Waals surface area contributed by atoms with Crippen molar-refractivity contribution < 1.29 is 19.8 Å². The second kappa shape index (κ2) is 12.6. The summed E-state index contributed by atoms with van der Waals surface area (Å²) in [6, 6.07) is 13.9. The van der Waals surface area contributed by atoms with Crippen molar-refractivity contribution in [2.75, 3.05) is 6.54 Å². The lowest BCUT2D eigenvalue weighted by atomic mass is 9.92. The Balaban J connectivity index is 1.40. The molecule has 0 saturated carbocycles. The number of aliphatic hydroxyl groups excluding tert-OH is 1. The average Bonchev–Trinajstić information content (AvgIpc) is 3.43. The normalized spacial score (nSPS) is 17.5. The maximum atomic E-state index is 12.3. The summed E-state index contributed by atoms with van der Waals surface area (Å²) in [6.07, 6.45) is 6.76. The van der Waals surface area contributed by atoms with Crippen LogP contribution in [0.5, 0.6) is 0 Å². The molecule has 0 spiro atoms. The number of likely N-dealkylation sites (tertiary alicyclic amines) is 1. The summed E-state index contributed by atoms with van der Waals surface area (Å²) < 4.78 is 0. The fourth-order valence-electron chi connectivity index (χ4n) is 4.32. The molecule has 1 fully saturated rings. The first-order valence-corrected chi connectivity index (χ1v) is 12.6. The number of carboxylic acid groups (broad SMARTS) is 1. The van der Waals surface area contributed by atoms with Gasteiger partial charge in [-0.1, -0.05) is 55.5 Å². The number of hydrogen-bond acceptors (Lipinski definition) is 4. The fraction of sp³-hybridized carbons (Fsp3) is 0.481. The Hall–Kier alpha value is -2.62. The molecular weight excluding hydrogens is 434 g/mol. The van der Waals surface area contributed by atoms with Gasteiger partial charge < -0.3 is 15.1 Å². The van der Waals surface area contributed by atoms with E-state index in [0.29, 0.717) is 24.3 Å². The molecule has 176 valence electrons.